The smallest absolute Gasteiger partial charge is 0.119 e. The van der Waals surface area contributed by atoms with E-state index in [0.29, 0.717) is 5.92 Å². The second kappa shape index (κ2) is 11.2. The fourth-order valence-corrected chi connectivity index (χ4v) is 5.83. The molecule has 0 aromatic heterocycles. The number of hydrogen-bond acceptors (Lipinski definition) is 1. The average Bonchev–Trinajstić information content (AvgIpc) is 2.83. The summed E-state index contributed by atoms with van der Waals surface area (Å²) in [4.78, 5) is 0. The van der Waals surface area contributed by atoms with E-state index >= 15 is 0 Å². The zero-order valence-electron chi connectivity index (χ0n) is 19.9. The van der Waals surface area contributed by atoms with Crippen LogP contribution in [-0.2, 0) is 12.8 Å². The molecule has 0 bridgehead atoms. The summed E-state index contributed by atoms with van der Waals surface area (Å²) in [7, 11) is 0. The van der Waals surface area contributed by atoms with Gasteiger partial charge >= 0.3 is 0 Å². The maximum absolute atomic E-state index is 5.83. The van der Waals surface area contributed by atoms with Gasteiger partial charge in [-0.25, -0.2) is 0 Å². The van der Waals surface area contributed by atoms with Crippen LogP contribution in [0.5, 0.6) is 5.75 Å². The van der Waals surface area contributed by atoms with Crippen molar-refractivity contribution in [2.75, 3.05) is 6.61 Å². The molecular weight excluding hydrogens is 376 g/mol. The van der Waals surface area contributed by atoms with Crippen LogP contribution < -0.4 is 4.74 Å². The van der Waals surface area contributed by atoms with Crippen molar-refractivity contribution in [2.45, 2.75) is 103 Å². The lowest BCUT2D eigenvalue weighted by Gasteiger charge is -2.29. The highest BCUT2D eigenvalue weighted by molar-refractivity contribution is 5.40. The Balaban J connectivity index is 1.31. The molecule has 2 aromatic carbocycles. The molecule has 2 aliphatic rings. The van der Waals surface area contributed by atoms with Gasteiger partial charge in [-0.3, -0.25) is 0 Å². The van der Waals surface area contributed by atoms with E-state index in [1.165, 1.54) is 87.3 Å². The third-order valence-corrected chi connectivity index (χ3v) is 7.82. The third kappa shape index (κ3) is 5.93. The van der Waals surface area contributed by atoms with Gasteiger partial charge in [0.1, 0.15) is 5.75 Å². The Morgan fingerprint density at radius 3 is 2.19 bits per heavy atom. The molecule has 1 unspecified atom stereocenters. The predicted molar refractivity (Wildman–Crippen MR) is 132 cm³/mol. The fraction of sp³-hybridized carbons (Fsp3) is 0.600. The van der Waals surface area contributed by atoms with E-state index in [4.69, 9.17) is 4.74 Å². The quantitative estimate of drug-likeness (QED) is 0.370. The van der Waals surface area contributed by atoms with Crippen LogP contribution in [0.3, 0.4) is 0 Å². The monoisotopic (exact) mass is 418 g/mol. The maximum atomic E-state index is 5.83. The van der Waals surface area contributed by atoms with Crippen LogP contribution in [0.2, 0.25) is 0 Å². The van der Waals surface area contributed by atoms with Gasteiger partial charge in [0.15, 0.2) is 0 Å². The number of fused-ring (bicyclic) bond motifs is 1. The van der Waals surface area contributed by atoms with Crippen LogP contribution in [0.15, 0.2) is 42.5 Å². The highest BCUT2D eigenvalue weighted by Gasteiger charge is 2.24. The first-order valence-corrected chi connectivity index (χ1v) is 13.1. The molecule has 4 rings (SSSR count). The van der Waals surface area contributed by atoms with E-state index in [1.807, 2.05) is 0 Å². The molecule has 0 spiro atoms. The maximum Gasteiger partial charge on any atom is 0.119 e. The van der Waals surface area contributed by atoms with Crippen molar-refractivity contribution in [3.05, 3.63) is 64.7 Å². The molecular formula is C30H42O. The Kier molecular flexibility index (Phi) is 8.11. The van der Waals surface area contributed by atoms with Gasteiger partial charge in [0.2, 0.25) is 0 Å². The Morgan fingerprint density at radius 1 is 0.742 bits per heavy atom. The van der Waals surface area contributed by atoms with Crippen molar-refractivity contribution in [3.63, 3.8) is 0 Å². The van der Waals surface area contributed by atoms with Crippen molar-refractivity contribution < 1.29 is 4.74 Å². The molecule has 0 aliphatic heterocycles. The summed E-state index contributed by atoms with van der Waals surface area (Å²) < 4.78 is 5.83. The second-order valence-corrected chi connectivity index (χ2v) is 10.1. The van der Waals surface area contributed by atoms with Gasteiger partial charge < -0.3 is 4.74 Å². The molecule has 0 N–H and O–H groups in total. The van der Waals surface area contributed by atoms with E-state index in [0.717, 1.165) is 30.6 Å². The van der Waals surface area contributed by atoms with Crippen LogP contribution in [0.1, 0.15) is 112 Å². The van der Waals surface area contributed by atoms with Crippen LogP contribution in [0, 0.1) is 5.92 Å². The SMILES string of the molecule is CCCCCC1CCC(c2ccc(C3CCc4cc(OCCC)ccc4C3)cc2)CC1. The highest BCUT2D eigenvalue weighted by atomic mass is 16.5. The molecule has 1 nitrogen and oxygen atoms in total. The summed E-state index contributed by atoms with van der Waals surface area (Å²) in [5.41, 5.74) is 6.14. The molecule has 2 aliphatic carbocycles. The number of hydrogen-bond donors (Lipinski definition) is 0. The van der Waals surface area contributed by atoms with Crippen molar-refractivity contribution in [1.82, 2.24) is 0 Å². The fourth-order valence-electron chi connectivity index (χ4n) is 5.83. The van der Waals surface area contributed by atoms with E-state index in [9.17, 15) is 0 Å². The van der Waals surface area contributed by atoms with Gasteiger partial charge in [-0.05, 0) is 104 Å². The Labute approximate surface area is 190 Å². The number of ether oxygens (including phenoxy) is 1. The van der Waals surface area contributed by atoms with Gasteiger partial charge in [-0.1, -0.05) is 69.9 Å². The van der Waals surface area contributed by atoms with Crippen LogP contribution in [-0.4, -0.2) is 6.61 Å². The van der Waals surface area contributed by atoms with Crippen molar-refractivity contribution in [2.24, 2.45) is 5.92 Å². The molecule has 0 amide bonds. The van der Waals surface area contributed by atoms with Crippen LogP contribution in [0.4, 0.5) is 0 Å². The van der Waals surface area contributed by atoms with Gasteiger partial charge in [-0.15, -0.1) is 0 Å². The predicted octanol–water partition coefficient (Wildman–Crippen LogP) is 8.60. The zero-order chi connectivity index (χ0) is 21.5. The molecule has 168 valence electrons. The summed E-state index contributed by atoms with van der Waals surface area (Å²) >= 11 is 0. The van der Waals surface area contributed by atoms with Gasteiger partial charge in [-0.2, -0.15) is 0 Å². The number of benzene rings is 2. The Bertz CT molecular complexity index is 798. The summed E-state index contributed by atoms with van der Waals surface area (Å²) in [5, 5.41) is 0. The molecule has 0 radical (unpaired) electrons. The molecule has 1 atom stereocenters. The lowest BCUT2D eigenvalue weighted by molar-refractivity contribution is 0.303. The summed E-state index contributed by atoms with van der Waals surface area (Å²) in [6, 6.07) is 16.5. The van der Waals surface area contributed by atoms with Crippen LogP contribution in [0.25, 0.3) is 0 Å². The first-order chi connectivity index (χ1) is 15.3. The molecule has 1 fully saturated rings. The van der Waals surface area contributed by atoms with E-state index in [2.05, 4.69) is 56.3 Å². The van der Waals surface area contributed by atoms with Gasteiger partial charge in [0.05, 0.1) is 6.61 Å². The topological polar surface area (TPSA) is 9.23 Å². The molecule has 1 heteroatoms. The molecule has 31 heavy (non-hydrogen) atoms. The van der Waals surface area contributed by atoms with E-state index in [-0.39, 0.29) is 0 Å². The van der Waals surface area contributed by atoms with Crippen molar-refractivity contribution in [1.29, 1.82) is 0 Å². The van der Waals surface area contributed by atoms with Crippen molar-refractivity contribution in [3.8, 4) is 5.75 Å². The molecule has 1 saturated carbocycles. The van der Waals surface area contributed by atoms with E-state index in [1.54, 1.807) is 5.56 Å². The minimum atomic E-state index is 0.665. The summed E-state index contributed by atoms with van der Waals surface area (Å²) in [6.07, 6.45) is 16.0. The largest absolute Gasteiger partial charge is 0.494 e. The summed E-state index contributed by atoms with van der Waals surface area (Å²) in [5.74, 6) is 3.50. The molecule has 0 saturated heterocycles. The summed E-state index contributed by atoms with van der Waals surface area (Å²) in [6.45, 7) is 5.29. The first kappa shape index (κ1) is 22.4. The van der Waals surface area contributed by atoms with E-state index < -0.39 is 0 Å². The standard InChI is InChI=1S/C30H42O/c1-3-5-6-7-23-8-10-24(11-9-23)25-12-14-26(15-13-25)27-16-17-29-22-30(31-20-4-2)19-18-28(29)21-27/h12-15,18-19,22-24,27H,3-11,16-17,20-21H2,1-2H3. The lowest BCUT2D eigenvalue weighted by atomic mass is 9.76. The normalized spacial score (nSPS) is 23.4. The lowest BCUT2D eigenvalue weighted by Crippen LogP contribution is -2.14. The number of unbranched alkanes of at least 4 members (excludes halogenated alkanes) is 2. The number of rotatable bonds is 9. The average molecular weight is 419 g/mol. The molecule has 0 heterocycles. The van der Waals surface area contributed by atoms with Gasteiger partial charge in [0.25, 0.3) is 0 Å². The molecule has 2 aromatic rings. The Morgan fingerprint density at radius 2 is 1.48 bits per heavy atom. The van der Waals surface area contributed by atoms with Crippen molar-refractivity contribution >= 4 is 0 Å². The first-order valence-electron chi connectivity index (χ1n) is 13.1. The zero-order valence-corrected chi connectivity index (χ0v) is 19.9. The number of aryl methyl sites for hydroxylation is 1. The minimum Gasteiger partial charge on any atom is -0.494 e. The minimum absolute atomic E-state index is 0.665. The third-order valence-electron chi connectivity index (χ3n) is 7.82. The van der Waals surface area contributed by atoms with Crippen LogP contribution >= 0.6 is 0 Å². The van der Waals surface area contributed by atoms with Gasteiger partial charge in [0, 0.05) is 0 Å². The Hall–Kier alpha value is -1.76. The highest BCUT2D eigenvalue weighted by Crippen LogP contribution is 2.39. The second-order valence-electron chi connectivity index (χ2n) is 10.1.